The smallest absolute Gasteiger partial charge is 0.200 e. The zero-order valence-electron chi connectivity index (χ0n) is 8.14. The zero-order valence-corrected chi connectivity index (χ0v) is 8.14. The van der Waals surface area contributed by atoms with Crippen LogP contribution in [0, 0.1) is 6.92 Å². The molecule has 0 aliphatic carbocycles. The van der Waals surface area contributed by atoms with Crippen LogP contribution < -0.4 is 5.73 Å². The molecule has 0 atom stereocenters. The van der Waals surface area contributed by atoms with Gasteiger partial charge in [-0.2, -0.15) is 0 Å². The van der Waals surface area contributed by atoms with E-state index in [1.54, 1.807) is 0 Å². The van der Waals surface area contributed by atoms with E-state index in [1.165, 1.54) is 0 Å². The minimum Gasteiger partial charge on any atom is -0.444 e. The van der Waals surface area contributed by atoms with Crippen molar-refractivity contribution in [2.75, 3.05) is 0 Å². The molecular weight excluding hydrogens is 152 g/mol. The van der Waals surface area contributed by atoms with Gasteiger partial charge < -0.3 is 10.2 Å². The van der Waals surface area contributed by atoms with Gasteiger partial charge in [0.25, 0.3) is 0 Å². The molecular formula is C9H16N2O. The Hall–Kier alpha value is -0.830. The van der Waals surface area contributed by atoms with E-state index in [2.05, 4.69) is 25.8 Å². The Morgan fingerprint density at radius 3 is 2.25 bits per heavy atom. The fourth-order valence-electron chi connectivity index (χ4n) is 0.938. The van der Waals surface area contributed by atoms with Gasteiger partial charge in [-0.1, -0.05) is 20.8 Å². The molecule has 0 bridgehead atoms. The minimum absolute atomic E-state index is 0.0296. The number of aromatic nitrogens is 1. The third-order valence-electron chi connectivity index (χ3n) is 1.72. The van der Waals surface area contributed by atoms with E-state index in [4.69, 9.17) is 10.2 Å². The van der Waals surface area contributed by atoms with Crippen LogP contribution in [-0.2, 0) is 12.0 Å². The Morgan fingerprint density at radius 1 is 1.42 bits per heavy atom. The summed E-state index contributed by atoms with van der Waals surface area (Å²) in [6, 6.07) is 0. The number of hydrogen-bond donors (Lipinski definition) is 1. The molecule has 0 radical (unpaired) electrons. The summed E-state index contributed by atoms with van der Waals surface area (Å²) in [6.45, 7) is 8.55. The summed E-state index contributed by atoms with van der Waals surface area (Å²) in [5.41, 5.74) is 6.35. The SMILES string of the molecule is Cc1nc(C(C)(C)C)oc1CN. The Labute approximate surface area is 73.0 Å². The van der Waals surface area contributed by atoms with Gasteiger partial charge in [0.05, 0.1) is 12.2 Å². The Morgan fingerprint density at radius 2 is 2.00 bits per heavy atom. The molecule has 0 amide bonds. The number of nitrogens with zero attached hydrogens (tertiary/aromatic N) is 1. The van der Waals surface area contributed by atoms with Crippen LogP contribution in [0.1, 0.15) is 38.1 Å². The number of rotatable bonds is 1. The van der Waals surface area contributed by atoms with Crippen LogP contribution in [0.4, 0.5) is 0 Å². The third-order valence-corrected chi connectivity index (χ3v) is 1.72. The van der Waals surface area contributed by atoms with Crippen molar-refractivity contribution >= 4 is 0 Å². The molecule has 0 aliphatic heterocycles. The minimum atomic E-state index is -0.0296. The molecule has 12 heavy (non-hydrogen) atoms. The van der Waals surface area contributed by atoms with E-state index in [0.717, 1.165) is 17.3 Å². The van der Waals surface area contributed by atoms with Crippen molar-refractivity contribution in [3.05, 3.63) is 17.3 Å². The standard InChI is InChI=1S/C9H16N2O/c1-6-7(5-10)12-8(11-6)9(2,3)4/h5,10H2,1-4H3. The lowest BCUT2D eigenvalue weighted by molar-refractivity contribution is 0.373. The molecule has 68 valence electrons. The van der Waals surface area contributed by atoms with Crippen LogP contribution in [0.5, 0.6) is 0 Å². The van der Waals surface area contributed by atoms with Crippen LogP contribution in [0.3, 0.4) is 0 Å². The van der Waals surface area contributed by atoms with Crippen molar-refractivity contribution in [3.63, 3.8) is 0 Å². The summed E-state index contributed by atoms with van der Waals surface area (Å²) in [5, 5.41) is 0. The first-order valence-electron chi connectivity index (χ1n) is 4.12. The van der Waals surface area contributed by atoms with Crippen molar-refractivity contribution in [1.29, 1.82) is 0 Å². The number of hydrogen-bond acceptors (Lipinski definition) is 3. The average molecular weight is 168 g/mol. The van der Waals surface area contributed by atoms with Crippen molar-refractivity contribution in [2.24, 2.45) is 5.73 Å². The van der Waals surface area contributed by atoms with Gasteiger partial charge >= 0.3 is 0 Å². The van der Waals surface area contributed by atoms with Crippen LogP contribution in [-0.4, -0.2) is 4.98 Å². The van der Waals surface area contributed by atoms with E-state index in [1.807, 2.05) is 6.92 Å². The second kappa shape index (κ2) is 2.90. The van der Waals surface area contributed by atoms with Gasteiger partial charge in [-0.15, -0.1) is 0 Å². The summed E-state index contributed by atoms with van der Waals surface area (Å²) in [6.07, 6.45) is 0. The Bertz CT molecular complexity index is 271. The van der Waals surface area contributed by atoms with Crippen molar-refractivity contribution in [1.82, 2.24) is 4.98 Å². The molecule has 0 saturated carbocycles. The molecule has 3 nitrogen and oxygen atoms in total. The highest BCUT2D eigenvalue weighted by Gasteiger charge is 2.21. The Kier molecular flexibility index (Phi) is 2.24. The van der Waals surface area contributed by atoms with Crippen LogP contribution in [0.2, 0.25) is 0 Å². The lowest BCUT2D eigenvalue weighted by Gasteiger charge is -2.11. The summed E-state index contributed by atoms with van der Waals surface area (Å²) in [4.78, 5) is 4.31. The first kappa shape index (κ1) is 9.26. The fourth-order valence-corrected chi connectivity index (χ4v) is 0.938. The van der Waals surface area contributed by atoms with E-state index in [-0.39, 0.29) is 5.41 Å². The van der Waals surface area contributed by atoms with Gasteiger partial charge in [0, 0.05) is 5.41 Å². The Balaban J connectivity index is 3.05. The monoisotopic (exact) mass is 168 g/mol. The molecule has 0 unspecified atom stereocenters. The molecule has 0 spiro atoms. The van der Waals surface area contributed by atoms with Crippen LogP contribution >= 0.6 is 0 Å². The number of aryl methyl sites for hydroxylation is 1. The zero-order chi connectivity index (χ0) is 9.35. The molecule has 1 aromatic rings. The van der Waals surface area contributed by atoms with Crippen molar-refractivity contribution < 1.29 is 4.42 Å². The van der Waals surface area contributed by atoms with E-state index in [9.17, 15) is 0 Å². The van der Waals surface area contributed by atoms with Crippen molar-refractivity contribution in [2.45, 2.75) is 39.7 Å². The second-order valence-corrected chi connectivity index (χ2v) is 3.98. The summed E-state index contributed by atoms with van der Waals surface area (Å²) in [7, 11) is 0. The van der Waals surface area contributed by atoms with E-state index < -0.39 is 0 Å². The van der Waals surface area contributed by atoms with Crippen molar-refractivity contribution in [3.8, 4) is 0 Å². The van der Waals surface area contributed by atoms with E-state index in [0.29, 0.717) is 6.54 Å². The normalized spacial score (nSPS) is 12.1. The predicted octanol–water partition coefficient (Wildman–Crippen LogP) is 1.74. The van der Waals surface area contributed by atoms with Gasteiger partial charge in [-0.3, -0.25) is 0 Å². The van der Waals surface area contributed by atoms with Gasteiger partial charge in [0.15, 0.2) is 5.89 Å². The molecule has 0 aliphatic rings. The molecule has 1 aromatic heterocycles. The fraction of sp³-hybridized carbons (Fsp3) is 0.667. The highest BCUT2D eigenvalue weighted by Crippen LogP contribution is 2.23. The predicted molar refractivity (Wildman–Crippen MR) is 47.8 cm³/mol. The van der Waals surface area contributed by atoms with Crippen LogP contribution in [0.15, 0.2) is 4.42 Å². The highest BCUT2D eigenvalue weighted by molar-refractivity contribution is 5.11. The number of nitrogens with two attached hydrogens (primary N) is 1. The maximum absolute atomic E-state index is 5.49. The van der Waals surface area contributed by atoms with Gasteiger partial charge in [0.1, 0.15) is 5.76 Å². The molecule has 1 heterocycles. The average Bonchev–Trinajstić information content (AvgIpc) is 2.29. The second-order valence-electron chi connectivity index (χ2n) is 3.98. The molecule has 2 N–H and O–H groups in total. The van der Waals surface area contributed by atoms with Gasteiger partial charge in [-0.25, -0.2) is 4.98 Å². The topological polar surface area (TPSA) is 52.0 Å². The lowest BCUT2D eigenvalue weighted by Crippen LogP contribution is -2.11. The van der Waals surface area contributed by atoms with Crippen LogP contribution in [0.25, 0.3) is 0 Å². The molecule has 3 heteroatoms. The summed E-state index contributed by atoms with van der Waals surface area (Å²) in [5.74, 6) is 1.56. The maximum atomic E-state index is 5.49. The highest BCUT2D eigenvalue weighted by atomic mass is 16.4. The largest absolute Gasteiger partial charge is 0.444 e. The summed E-state index contributed by atoms with van der Waals surface area (Å²) < 4.78 is 5.49. The first-order valence-corrected chi connectivity index (χ1v) is 4.12. The molecule has 0 aromatic carbocycles. The lowest BCUT2D eigenvalue weighted by atomic mass is 9.97. The maximum Gasteiger partial charge on any atom is 0.200 e. The van der Waals surface area contributed by atoms with Gasteiger partial charge in [-0.05, 0) is 6.92 Å². The molecule has 0 fully saturated rings. The summed E-state index contributed by atoms with van der Waals surface area (Å²) >= 11 is 0. The molecule has 1 rings (SSSR count). The van der Waals surface area contributed by atoms with E-state index >= 15 is 0 Å². The third kappa shape index (κ3) is 1.67. The number of oxazole rings is 1. The quantitative estimate of drug-likeness (QED) is 0.695. The molecule has 0 saturated heterocycles. The van der Waals surface area contributed by atoms with Gasteiger partial charge in [0.2, 0.25) is 0 Å². The first-order chi connectivity index (χ1) is 5.45.